The number of hydrogen-bond acceptors (Lipinski definition) is 3. The van der Waals surface area contributed by atoms with Gasteiger partial charge in [-0.05, 0) is 19.3 Å². The number of aliphatic imine (C=N–C) groups is 1. The lowest BCUT2D eigenvalue weighted by Crippen LogP contribution is -2.68. The number of nitrogens with zero attached hydrogens (tertiary/aromatic N) is 2. The first-order valence-corrected chi connectivity index (χ1v) is 9.29. The molecule has 1 amide bonds. The Morgan fingerprint density at radius 3 is 2.52 bits per heavy atom. The van der Waals surface area contributed by atoms with Crippen LogP contribution in [0, 0.1) is 11.3 Å². The zero-order valence-electron chi connectivity index (χ0n) is 15.9. The van der Waals surface area contributed by atoms with Gasteiger partial charge in [0.05, 0.1) is 6.10 Å². The van der Waals surface area contributed by atoms with Crippen molar-refractivity contribution in [1.29, 1.82) is 0 Å². The molecule has 6 nitrogen and oxygen atoms in total. The van der Waals surface area contributed by atoms with E-state index in [0.29, 0.717) is 24.1 Å². The molecule has 0 aromatic rings. The minimum Gasteiger partial charge on any atom is -0.377 e. The van der Waals surface area contributed by atoms with Crippen molar-refractivity contribution in [3.63, 3.8) is 0 Å². The topological polar surface area (TPSA) is 66.0 Å². The summed E-state index contributed by atoms with van der Waals surface area (Å²) >= 11 is 0. The summed E-state index contributed by atoms with van der Waals surface area (Å²) in [5.41, 5.74) is 0.102. The van der Waals surface area contributed by atoms with Crippen molar-refractivity contribution >= 4 is 35.8 Å². The van der Waals surface area contributed by atoms with Crippen LogP contribution in [0.25, 0.3) is 0 Å². The summed E-state index contributed by atoms with van der Waals surface area (Å²) < 4.78 is 5.88. The summed E-state index contributed by atoms with van der Waals surface area (Å²) in [6.45, 7) is 5.57. The molecule has 0 spiro atoms. The van der Waals surface area contributed by atoms with Gasteiger partial charge in [-0.1, -0.05) is 26.7 Å². The fourth-order valence-corrected chi connectivity index (χ4v) is 4.45. The third kappa shape index (κ3) is 4.40. The Kier molecular flexibility index (Phi) is 6.98. The normalized spacial score (nSPS) is 30.9. The summed E-state index contributed by atoms with van der Waals surface area (Å²) in [6.07, 6.45) is 6.38. The number of fused-ring (bicyclic) bond motifs is 1. The van der Waals surface area contributed by atoms with Gasteiger partial charge < -0.3 is 20.3 Å². The summed E-state index contributed by atoms with van der Waals surface area (Å²) in [5, 5.41) is 7.18. The van der Waals surface area contributed by atoms with Crippen LogP contribution >= 0.6 is 24.0 Å². The van der Waals surface area contributed by atoms with Crippen LogP contribution in [0.1, 0.15) is 46.0 Å². The Balaban J connectivity index is 0.00000225. The minimum absolute atomic E-state index is 0. The van der Waals surface area contributed by atoms with Crippen molar-refractivity contribution in [2.24, 2.45) is 16.3 Å². The number of rotatable bonds is 4. The van der Waals surface area contributed by atoms with Crippen molar-refractivity contribution in [1.82, 2.24) is 15.5 Å². The molecule has 3 aliphatic rings. The lowest BCUT2D eigenvalue weighted by Gasteiger charge is -2.55. The van der Waals surface area contributed by atoms with Crippen LogP contribution in [0.4, 0.5) is 0 Å². The van der Waals surface area contributed by atoms with Crippen LogP contribution in [0.2, 0.25) is 0 Å². The van der Waals surface area contributed by atoms with E-state index in [9.17, 15) is 4.79 Å². The van der Waals surface area contributed by atoms with Gasteiger partial charge in [-0.3, -0.25) is 4.79 Å². The third-order valence-corrected chi connectivity index (χ3v) is 5.96. The predicted molar refractivity (Wildman–Crippen MR) is 110 cm³/mol. The molecule has 1 aliphatic heterocycles. The van der Waals surface area contributed by atoms with Crippen LogP contribution < -0.4 is 10.6 Å². The Bertz CT molecular complexity index is 503. The maximum Gasteiger partial charge on any atom is 0.243 e. The molecule has 7 heteroatoms. The lowest BCUT2D eigenvalue weighted by atomic mass is 9.57. The van der Waals surface area contributed by atoms with Gasteiger partial charge in [0, 0.05) is 44.1 Å². The lowest BCUT2D eigenvalue weighted by molar-refractivity contribution is -0.127. The van der Waals surface area contributed by atoms with Gasteiger partial charge in [-0.15, -0.1) is 24.0 Å². The van der Waals surface area contributed by atoms with Gasteiger partial charge in [0.25, 0.3) is 0 Å². The molecule has 0 bridgehead atoms. The number of carbonyl (C=O) groups excluding carboxylic acids is 1. The van der Waals surface area contributed by atoms with Gasteiger partial charge >= 0.3 is 0 Å². The molecule has 2 saturated carbocycles. The van der Waals surface area contributed by atoms with Gasteiger partial charge in [0.15, 0.2) is 5.96 Å². The summed E-state index contributed by atoms with van der Waals surface area (Å²) in [5.74, 6) is 1.37. The summed E-state index contributed by atoms with van der Waals surface area (Å²) in [7, 11) is 3.54. The van der Waals surface area contributed by atoms with E-state index >= 15 is 0 Å². The van der Waals surface area contributed by atoms with Crippen LogP contribution in [-0.2, 0) is 9.53 Å². The number of halogens is 1. The molecule has 3 unspecified atom stereocenters. The highest BCUT2D eigenvalue weighted by molar-refractivity contribution is 14.0. The molecule has 0 aromatic heterocycles. The van der Waals surface area contributed by atoms with Crippen LogP contribution in [0.3, 0.4) is 0 Å². The number of hydrogen-bond donors (Lipinski definition) is 2. The van der Waals surface area contributed by atoms with Crippen molar-refractivity contribution < 1.29 is 9.53 Å². The maximum atomic E-state index is 11.9. The third-order valence-electron chi connectivity index (χ3n) is 5.96. The van der Waals surface area contributed by atoms with E-state index in [1.807, 2.05) is 0 Å². The molecule has 1 heterocycles. The molecule has 3 atom stereocenters. The Labute approximate surface area is 168 Å². The van der Waals surface area contributed by atoms with E-state index < -0.39 is 0 Å². The zero-order valence-corrected chi connectivity index (χ0v) is 18.2. The van der Waals surface area contributed by atoms with Gasteiger partial charge in [-0.2, -0.15) is 0 Å². The van der Waals surface area contributed by atoms with Crippen LogP contribution in [-0.4, -0.2) is 62.2 Å². The number of ether oxygens (including phenoxy) is 1. The number of nitrogens with one attached hydrogen (secondary N) is 2. The highest BCUT2D eigenvalue weighted by Gasteiger charge is 2.59. The molecule has 0 radical (unpaired) electrons. The van der Waals surface area contributed by atoms with E-state index in [-0.39, 0.29) is 41.8 Å². The minimum atomic E-state index is 0. The molecule has 3 rings (SSSR count). The Morgan fingerprint density at radius 2 is 1.88 bits per heavy atom. The van der Waals surface area contributed by atoms with E-state index in [4.69, 9.17) is 4.74 Å². The standard InChI is InChI=1S/C18H32N4O2.HI/c1-18(2)15(13-9-10-24-16(13)18)21-17(19-11-14(23)22(3)4)20-12-7-5-6-8-12;/h12-13,15-16H,5-11H2,1-4H3,(H2,19,20,21);1H. The van der Waals surface area contributed by atoms with Crippen molar-refractivity contribution in [3.05, 3.63) is 0 Å². The van der Waals surface area contributed by atoms with Gasteiger partial charge in [-0.25, -0.2) is 4.99 Å². The molecule has 144 valence electrons. The fourth-order valence-electron chi connectivity index (χ4n) is 4.45. The fraction of sp³-hybridized carbons (Fsp3) is 0.889. The molecule has 0 aromatic carbocycles. The second-order valence-electron chi connectivity index (χ2n) is 8.27. The molecular formula is C18H33IN4O2. The van der Waals surface area contributed by atoms with E-state index in [2.05, 4.69) is 29.5 Å². The quantitative estimate of drug-likeness (QED) is 0.380. The molecule has 2 aliphatic carbocycles. The zero-order chi connectivity index (χ0) is 17.3. The SMILES string of the molecule is CN(C)C(=O)CN=C(NC1CCCC1)NC1C2CCOC2C1(C)C.I. The maximum absolute atomic E-state index is 11.9. The molecule has 25 heavy (non-hydrogen) atoms. The molecular weight excluding hydrogens is 431 g/mol. The number of guanidine groups is 1. The Morgan fingerprint density at radius 1 is 1.20 bits per heavy atom. The average molecular weight is 464 g/mol. The van der Waals surface area contributed by atoms with Crippen molar-refractivity contribution in [2.75, 3.05) is 27.2 Å². The van der Waals surface area contributed by atoms with E-state index in [1.165, 1.54) is 25.7 Å². The first-order chi connectivity index (χ1) is 11.4. The largest absolute Gasteiger partial charge is 0.377 e. The predicted octanol–water partition coefficient (Wildman–Crippen LogP) is 1.98. The van der Waals surface area contributed by atoms with Crippen molar-refractivity contribution in [2.45, 2.75) is 64.1 Å². The average Bonchev–Trinajstić information content (AvgIpc) is 3.19. The Hall–Kier alpha value is -0.570. The highest BCUT2D eigenvalue weighted by Crippen LogP contribution is 2.52. The van der Waals surface area contributed by atoms with Gasteiger partial charge in [0.1, 0.15) is 6.54 Å². The van der Waals surface area contributed by atoms with Crippen molar-refractivity contribution in [3.8, 4) is 0 Å². The van der Waals surface area contributed by atoms with Crippen LogP contribution in [0.15, 0.2) is 4.99 Å². The smallest absolute Gasteiger partial charge is 0.243 e. The molecule has 3 fully saturated rings. The highest BCUT2D eigenvalue weighted by atomic mass is 127. The summed E-state index contributed by atoms with van der Waals surface area (Å²) in [6, 6.07) is 0.830. The second kappa shape index (κ2) is 8.41. The van der Waals surface area contributed by atoms with Gasteiger partial charge in [0.2, 0.25) is 5.91 Å². The number of likely N-dealkylation sites (N-methyl/N-ethyl adjacent to an activating group) is 1. The van der Waals surface area contributed by atoms with Crippen LogP contribution in [0.5, 0.6) is 0 Å². The van der Waals surface area contributed by atoms with E-state index in [1.54, 1.807) is 19.0 Å². The first-order valence-electron chi connectivity index (χ1n) is 9.29. The number of carbonyl (C=O) groups is 1. The first kappa shape index (κ1) is 20.7. The number of amides is 1. The van der Waals surface area contributed by atoms with E-state index in [0.717, 1.165) is 19.0 Å². The monoisotopic (exact) mass is 464 g/mol. The second-order valence-corrected chi connectivity index (χ2v) is 8.27. The molecule has 2 N–H and O–H groups in total. The summed E-state index contributed by atoms with van der Waals surface area (Å²) in [4.78, 5) is 18.1. The molecule has 1 saturated heterocycles.